The molecular weight excluding hydrogens is 434 g/mol. The van der Waals surface area contributed by atoms with E-state index in [1.54, 1.807) is 0 Å². The third kappa shape index (κ3) is 6.94. The smallest absolute Gasteiger partial charge is 0.144 e. The number of aliphatic imine (C=N–C) groups is 3. The zero-order chi connectivity index (χ0) is 24.5. The minimum absolute atomic E-state index is 0.121. The van der Waals surface area contributed by atoms with Gasteiger partial charge < -0.3 is 10.9 Å². The maximum Gasteiger partial charge on any atom is 0.144 e. The topological polar surface area (TPSA) is 76.7 Å². The minimum Gasteiger partial charge on any atom is -0.303 e. The van der Waals surface area contributed by atoms with Gasteiger partial charge >= 0.3 is 0 Å². The third-order valence-corrected chi connectivity index (χ3v) is 5.43. The van der Waals surface area contributed by atoms with Crippen LogP contribution in [0.3, 0.4) is 0 Å². The van der Waals surface area contributed by atoms with Gasteiger partial charge in [0.15, 0.2) is 0 Å². The van der Waals surface area contributed by atoms with Crippen molar-refractivity contribution in [2.24, 2.45) is 20.1 Å². The Morgan fingerprint density at radius 2 is 1.63 bits per heavy atom. The summed E-state index contributed by atoms with van der Waals surface area (Å²) in [5.74, 6) is 0.870. The van der Waals surface area contributed by atoms with Crippen LogP contribution < -0.4 is 10.9 Å². The maximum atomic E-state index is 4.65. The highest BCUT2D eigenvalue weighted by Gasteiger charge is 2.12. The van der Waals surface area contributed by atoms with Crippen molar-refractivity contribution >= 4 is 35.9 Å². The Morgan fingerprint density at radius 1 is 0.971 bits per heavy atom. The molecule has 178 valence electrons. The first-order valence-corrected chi connectivity index (χ1v) is 11.8. The van der Waals surface area contributed by atoms with E-state index in [1.807, 2.05) is 91.4 Å². The van der Waals surface area contributed by atoms with E-state index in [9.17, 15) is 0 Å². The molecule has 1 atom stereocenters. The second-order valence-corrected chi connectivity index (χ2v) is 8.36. The molecule has 35 heavy (non-hydrogen) atoms. The van der Waals surface area contributed by atoms with E-state index in [2.05, 4.69) is 56.9 Å². The number of hydrogen-bond acceptors (Lipinski definition) is 7. The molecule has 1 heterocycles. The van der Waals surface area contributed by atoms with Crippen LogP contribution in [0.1, 0.15) is 48.6 Å². The first-order valence-electron chi connectivity index (χ1n) is 11.8. The Hall–Kier alpha value is -4.10. The summed E-state index contributed by atoms with van der Waals surface area (Å²) in [4.78, 5) is 13.8. The van der Waals surface area contributed by atoms with Crippen LogP contribution in [0.2, 0.25) is 0 Å². The van der Waals surface area contributed by atoms with Crippen molar-refractivity contribution in [1.82, 2.24) is 15.9 Å². The van der Waals surface area contributed by atoms with Gasteiger partial charge in [0, 0.05) is 31.3 Å². The highest BCUT2D eigenvalue weighted by molar-refractivity contribution is 6.00. The number of hydrogen-bond donors (Lipinski definition) is 2. The van der Waals surface area contributed by atoms with Crippen molar-refractivity contribution in [1.29, 1.82) is 0 Å². The minimum atomic E-state index is 0.121. The summed E-state index contributed by atoms with van der Waals surface area (Å²) in [5, 5.41) is 6.16. The van der Waals surface area contributed by atoms with Crippen molar-refractivity contribution in [3.8, 4) is 0 Å². The quantitative estimate of drug-likeness (QED) is 0.329. The Labute approximate surface area is 207 Å². The molecule has 1 unspecified atom stereocenters. The van der Waals surface area contributed by atoms with Gasteiger partial charge in [-0.15, -0.1) is 0 Å². The van der Waals surface area contributed by atoms with Crippen LogP contribution in [0, 0.1) is 0 Å². The number of hydrazine groups is 1. The van der Waals surface area contributed by atoms with Crippen molar-refractivity contribution in [3.05, 3.63) is 95.1 Å². The number of hydrazone groups is 1. The SMILES string of the molecule is CC/C=N\NC(C)c1cccc(N=Cc2ccc(C=Nc3cccc(C4=NCN(C)N4)c3)cc2)c1. The molecule has 3 aromatic rings. The zero-order valence-electron chi connectivity index (χ0n) is 20.4. The standard InChI is InChI=1S/C28H31N7/c1-4-15-32-33-21(2)24-7-5-9-26(16-24)29-18-22-11-13-23(14-12-22)19-30-27-10-6-8-25(17-27)28-31-20-35(3)34-28/h5-19,21,33H,4,20H2,1-3H3,(H,31,34)/b29-18?,30-19?,32-15-. The summed E-state index contributed by atoms with van der Waals surface area (Å²) in [6, 6.07) is 24.5. The average Bonchev–Trinajstić information content (AvgIpc) is 3.33. The van der Waals surface area contributed by atoms with E-state index in [4.69, 9.17) is 0 Å². The monoisotopic (exact) mass is 465 g/mol. The molecule has 0 amide bonds. The van der Waals surface area contributed by atoms with Gasteiger partial charge in [-0.3, -0.25) is 9.98 Å². The summed E-state index contributed by atoms with van der Waals surface area (Å²) < 4.78 is 0. The summed E-state index contributed by atoms with van der Waals surface area (Å²) in [5.41, 5.74) is 12.4. The molecule has 1 aliphatic rings. The normalized spacial score (nSPS) is 15.1. The highest BCUT2D eigenvalue weighted by atomic mass is 15.6. The van der Waals surface area contributed by atoms with Gasteiger partial charge in [0.1, 0.15) is 12.5 Å². The number of rotatable bonds is 9. The van der Waals surface area contributed by atoms with E-state index in [1.165, 1.54) is 0 Å². The first-order chi connectivity index (χ1) is 17.1. The molecule has 0 aliphatic carbocycles. The average molecular weight is 466 g/mol. The molecule has 3 aromatic carbocycles. The van der Waals surface area contributed by atoms with Gasteiger partial charge in [0.2, 0.25) is 0 Å². The van der Waals surface area contributed by atoms with Crippen molar-refractivity contribution < 1.29 is 0 Å². The molecule has 1 aliphatic heterocycles. The summed E-state index contributed by atoms with van der Waals surface area (Å²) >= 11 is 0. The fourth-order valence-electron chi connectivity index (χ4n) is 3.49. The van der Waals surface area contributed by atoms with E-state index >= 15 is 0 Å². The lowest BCUT2D eigenvalue weighted by atomic mass is 10.1. The van der Waals surface area contributed by atoms with Gasteiger partial charge in [-0.1, -0.05) is 55.5 Å². The number of amidine groups is 1. The van der Waals surface area contributed by atoms with Crippen LogP contribution >= 0.6 is 0 Å². The van der Waals surface area contributed by atoms with Crippen molar-refractivity contribution in [2.75, 3.05) is 13.7 Å². The van der Waals surface area contributed by atoms with Crippen LogP contribution in [0.5, 0.6) is 0 Å². The molecule has 0 radical (unpaired) electrons. The first kappa shape index (κ1) is 24.0. The fourth-order valence-corrected chi connectivity index (χ4v) is 3.49. The largest absolute Gasteiger partial charge is 0.303 e. The van der Waals surface area contributed by atoms with E-state index in [0.717, 1.165) is 45.9 Å². The van der Waals surface area contributed by atoms with Crippen LogP contribution in [0.25, 0.3) is 0 Å². The lowest BCUT2D eigenvalue weighted by Gasteiger charge is -2.11. The van der Waals surface area contributed by atoms with Crippen LogP contribution in [0.15, 0.2) is 92.9 Å². The summed E-state index contributed by atoms with van der Waals surface area (Å²) in [6.07, 6.45) is 6.53. The van der Waals surface area contributed by atoms with Crippen molar-refractivity contribution in [2.45, 2.75) is 26.3 Å². The van der Waals surface area contributed by atoms with E-state index < -0.39 is 0 Å². The third-order valence-electron chi connectivity index (χ3n) is 5.43. The molecular formula is C28H31N7. The van der Waals surface area contributed by atoms with Crippen molar-refractivity contribution in [3.63, 3.8) is 0 Å². The Kier molecular flexibility index (Phi) is 8.14. The zero-order valence-corrected chi connectivity index (χ0v) is 20.4. The molecule has 7 heteroatoms. The molecule has 7 nitrogen and oxygen atoms in total. The molecule has 0 bridgehead atoms. The Balaban J connectivity index is 1.38. The van der Waals surface area contributed by atoms with Gasteiger partial charge in [0.05, 0.1) is 17.4 Å². The molecule has 0 fully saturated rings. The number of nitrogens with zero attached hydrogens (tertiary/aromatic N) is 5. The number of nitrogens with one attached hydrogen (secondary N) is 2. The molecule has 4 rings (SSSR count). The molecule has 0 spiro atoms. The second-order valence-electron chi connectivity index (χ2n) is 8.36. The predicted molar refractivity (Wildman–Crippen MR) is 146 cm³/mol. The lowest BCUT2D eigenvalue weighted by molar-refractivity contribution is 0.331. The number of benzene rings is 3. The summed E-state index contributed by atoms with van der Waals surface area (Å²) in [7, 11) is 1.97. The molecule has 0 saturated carbocycles. The molecule has 0 saturated heterocycles. The van der Waals surface area contributed by atoms with Crippen LogP contribution in [0.4, 0.5) is 11.4 Å². The van der Waals surface area contributed by atoms with E-state index in [-0.39, 0.29) is 6.04 Å². The second kappa shape index (κ2) is 11.9. The highest BCUT2D eigenvalue weighted by Crippen LogP contribution is 2.20. The van der Waals surface area contributed by atoms with Gasteiger partial charge in [-0.05, 0) is 54.3 Å². The Morgan fingerprint density at radius 3 is 2.26 bits per heavy atom. The van der Waals surface area contributed by atoms with Gasteiger partial charge in [-0.2, -0.15) is 5.10 Å². The summed E-state index contributed by atoms with van der Waals surface area (Å²) in [6.45, 7) is 4.80. The fraction of sp³-hybridized carbons (Fsp3) is 0.214. The Bertz CT molecular complexity index is 1240. The lowest BCUT2D eigenvalue weighted by Crippen LogP contribution is -2.32. The van der Waals surface area contributed by atoms with Crippen LogP contribution in [-0.2, 0) is 0 Å². The van der Waals surface area contributed by atoms with Crippen LogP contribution in [-0.4, -0.2) is 43.2 Å². The molecule has 0 aromatic heterocycles. The predicted octanol–water partition coefficient (Wildman–Crippen LogP) is 5.39. The molecule has 2 N–H and O–H groups in total. The van der Waals surface area contributed by atoms with Gasteiger partial charge in [-0.25, -0.2) is 10.0 Å². The van der Waals surface area contributed by atoms with E-state index in [0.29, 0.717) is 6.67 Å². The maximum absolute atomic E-state index is 4.65. The van der Waals surface area contributed by atoms with Gasteiger partial charge in [0.25, 0.3) is 0 Å².